The monoisotopic (exact) mass is 346 g/mol. The van der Waals surface area contributed by atoms with Crippen molar-refractivity contribution in [2.45, 2.75) is 39.2 Å². The van der Waals surface area contributed by atoms with Gasteiger partial charge >= 0.3 is 0 Å². The van der Waals surface area contributed by atoms with Crippen LogP contribution >= 0.6 is 0 Å². The summed E-state index contributed by atoms with van der Waals surface area (Å²) in [7, 11) is 0. The van der Waals surface area contributed by atoms with E-state index >= 15 is 0 Å². The maximum absolute atomic E-state index is 13.3. The van der Waals surface area contributed by atoms with Gasteiger partial charge in [0.05, 0.1) is 11.8 Å². The first kappa shape index (κ1) is 17.6. The van der Waals surface area contributed by atoms with E-state index in [0.29, 0.717) is 12.1 Å². The van der Waals surface area contributed by atoms with Crippen molar-refractivity contribution >= 4 is 17.7 Å². The minimum Gasteiger partial charge on any atom is -0.337 e. The molecule has 2 atom stereocenters. The predicted octanol–water partition coefficient (Wildman–Crippen LogP) is 2.35. The molecule has 3 rings (SSSR count). The van der Waals surface area contributed by atoms with Crippen molar-refractivity contribution in [1.29, 1.82) is 0 Å². The highest BCUT2D eigenvalue weighted by molar-refractivity contribution is 6.07. The first-order valence-electron chi connectivity index (χ1n) is 8.88. The van der Waals surface area contributed by atoms with Gasteiger partial charge in [-0.05, 0) is 37.5 Å². The summed E-state index contributed by atoms with van der Waals surface area (Å²) in [5.74, 6) is -1.53. The number of rotatable bonds is 5. The summed E-state index contributed by atoms with van der Waals surface area (Å²) < 4.78 is 13.3. The number of imide groups is 1. The van der Waals surface area contributed by atoms with Gasteiger partial charge in [-0.1, -0.05) is 25.0 Å². The first-order chi connectivity index (χ1) is 12.0. The first-order valence-corrected chi connectivity index (χ1v) is 8.88. The smallest absolute Gasteiger partial charge is 0.243 e. The van der Waals surface area contributed by atoms with Crippen LogP contribution in [0.4, 0.5) is 4.39 Å². The zero-order valence-electron chi connectivity index (χ0n) is 14.4. The maximum Gasteiger partial charge on any atom is 0.243 e. The van der Waals surface area contributed by atoms with Gasteiger partial charge in [0, 0.05) is 13.1 Å². The average molecular weight is 346 g/mol. The molecule has 0 N–H and O–H groups in total. The van der Waals surface area contributed by atoms with Crippen molar-refractivity contribution in [3.63, 3.8) is 0 Å². The van der Waals surface area contributed by atoms with Crippen LogP contribution in [-0.2, 0) is 20.9 Å². The summed E-state index contributed by atoms with van der Waals surface area (Å²) in [4.78, 5) is 40.2. The van der Waals surface area contributed by atoms with Gasteiger partial charge in [0.25, 0.3) is 0 Å². The van der Waals surface area contributed by atoms with Crippen molar-refractivity contribution in [3.05, 3.63) is 35.6 Å². The number of hydrogen-bond donors (Lipinski definition) is 0. The lowest BCUT2D eigenvalue weighted by Gasteiger charge is -2.24. The molecular weight excluding hydrogens is 323 g/mol. The van der Waals surface area contributed by atoms with E-state index in [1.807, 2.05) is 6.92 Å². The van der Waals surface area contributed by atoms with Crippen LogP contribution in [0.25, 0.3) is 0 Å². The highest BCUT2D eigenvalue weighted by Crippen LogP contribution is 2.37. The molecule has 6 heteroatoms. The maximum atomic E-state index is 13.3. The van der Waals surface area contributed by atoms with Crippen LogP contribution in [0.15, 0.2) is 24.3 Å². The van der Waals surface area contributed by atoms with Gasteiger partial charge in [-0.3, -0.25) is 19.3 Å². The quantitative estimate of drug-likeness (QED) is 0.769. The number of hydrogen-bond acceptors (Lipinski definition) is 3. The Morgan fingerprint density at radius 1 is 1.20 bits per heavy atom. The fourth-order valence-electron chi connectivity index (χ4n) is 3.85. The van der Waals surface area contributed by atoms with Crippen LogP contribution in [-0.4, -0.2) is 40.6 Å². The van der Waals surface area contributed by atoms with Gasteiger partial charge in [0.2, 0.25) is 17.7 Å². The minimum absolute atomic E-state index is 0.204. The van der Waals surface area contributed by atoms with E-state index in [1.165, 1.54) is 17.0 Å². The highest BCUT2D eigenvalue weighted by Gasteiger charge is 2.48. The largest absolute Gasteiger partial charge is 0.337 e. The number of likely N-dealkylation sites (tertiary alicyclic amines) is 1. The molecule has 1 saturated carbocycles. The topological polar surface area (TPSA) is 57.7 Å². The summed E-state index contributed by atoms with van der Waals surface area (Å²) in [6, 6.07) is 6.09. The molecule has 3 amide bonds. The minimum atomic E-state index is -0.352. The van der Waals surface area contributed by atoms with Crippen LogP contribution < -0.4 is 0 Å². The molecule has 0 spiro atoms. The molecular formula is C19H23FN2O3. The zero-order valence-corrected chi connectivity index (χ0v) is 14.4. The molecule has 0 aromatic heterocycles. The molecule has 2 unspecified atom stereocenters. The summed E-state index contributed by atoms with van der Waals surface area (Å²) in [5.41, 5.74) is 0.683. The third kappa shape index (κ3) is 3.57. The Labute approximate surface area is 146 Å². The van der Waals surface area contributed by atoms with Gasteiger partial charge in [-0.2, -0.15) is 0 Å². The van der Waals surface area contributed by atoms with E-state index in [0.717, 1.165) is 30.6 Å². The van der Waals surface area contributed by atoms with Crippen molar-refractivity contribution in [2.24, 2.45) is 11.8 Å². The Morgan fingerprint density at radius 3 is 2.40 bits per heavy atom. The highest BCUT2D eigenvalue weighted by atomic mass is 19.1. The fourth-order valence-corrected chi connectivity index (χ4v) is 3.85. The Morgan fingerprint density at radius 2 is 1.84 bits per heavy atom. The molecule has 2 aliphatic rings. The molecule has 25 heavy (non-hydrogen) atoms. The van der Waals surface area contributed by atoms with Gasteiger partial charge < -0.3 is 4.90 Å². The van der Waals surface area contributed by atoms with Gasteiger partial charge in [0.15, 0.2) is 0 Å². The van der Waals surface area contributed by atoms with E-state index in [-0.39, 0.29) is 48.5 Å². The molecule has 1 aliphatic carbocycles. The molecule has 0 radical (unpaired) electrons. The second kappa shape index (κ2) is 7.33. The summed E-state index contributed by atoms with van der Waals surface area (Å²) >= 11 is 0. The standard InChI is InChI=1S/C19H23FN2O3/c1-2-21(11-13-6-5-7-14(20)10-13)17(23)12-22-18(24)15-8-3-4-9-16(15)19(22)25/h5-7,10,15-16H,2-4,8-9,11-12H2,1H3. The van der Waals surface area contributed by atoms with Gasteiger partial charge in [0.1, 0.15) is 12.4 Å². The van der Waals surface area contributed by atoms with Crippen molar-refractivity contribution in [2.75, 3.05) is 13.1 Å². The van der Waals surface area contributed by atoms with E-state index in [1.54, 1.807) is 12.1 Å². The number of amides is 3. The van der Waals surface area contributed by atoms with Crippen molar-refractivity contribution in [1.82, 2.24) is 9.80 Å². The normalized spacial score (nSPS) is 22.9. The number of fused-ring (bicyclic) bond motifs is 1. The number of carbonyl (C=O) groups is 3. The lowest BCUT2D eigenvalue weighted by molar-refractivity contribution is -0.146. The van der Waals surface area contributed by atoms with Crippen LogP contribution in [0, 0.1) is 17.7 Å². The second-order valence-corrected chi connectivity index (χ2v) is 6.80. The fraction of sp³-hybridized carbons (Fsp3) is 0.526. The van der Waals surface area contributed by atoms with E-state index in [4.69, 9.17) is 0 Å². The lowest BCUT2D eigenvalue weighted by Crippen LogP contribution is -2.42. The summed E-state index contributed by atoms with van der Waals surface area (Å²) in [5, 5.41) is 0. The molecule has 0 bridgehead atoms. The number of likely N-dealkylation sites (N-methyl/N-ethyl adjacent to an activating group) is 1. The molecule has 2 fully saturated rings. The van der Waals surface area contributed by atoms with Crippen molar-refractivity contribution < 1.29 is 18.8 Å². The molecule has 1 aliphatic heterocycles. The van der Waals surface area contributed by atoms with Gasteiger partial charge in [-0.15, -0.1) is 0 Å². The van der Waals surface area contributed by atoms with Crippen LogP contribution in [0.5, 0.6) is 0 Å². The molecule has 1 aromatic carbocycles. The number of benzene rings is 1. The lowest BCUT2D eigenvalue weighted by atomic mass is 9.81. The second-order valence-electron chi connectivity index (χ2n) is 6.80. The average Bonchev–Trinajstić information content (AvgIpc) is 2.85. The van der Waals surface area contributed by atoms with Crippen LogP contribution in [0.1, 0.15) is 38.2 Å². The zero-order chi connectivity index (χ0) is 18.0. The van der Waals surface area contributed by atoms with Crippen LogP contribution in [0.2, 0.25) is 0 Å². The van der Waals surface area contributed by atoms with Crippen LogP contribution in [0.3, 0.4) is 0 Å². The number of halogens is 1. The van der Waals surface area contributed by atoms with E-state index in [2.05, 4.69) is 0 Å². The van der Waals surface area contributed by atoms with E-state index < -0.39 is 0 Å². The Balaban J connectivity index is 1.67. The molecule has 1 aromatic rings. The SMILES string of the molecule is CCN(Cc1cccc(F)c1)C(=O)CN1C(=O)C2CCCCC2C1=O. The summed E-state index contributed by atoms with van der Waals surface area (Å²) in [6.07, 6.45) is 3.40. The predicted molar refractivity (Wildman–Crippen MR) is 89.7 cm³/mol. The molecule has 5 nitrogen and oxygen atoms in total. The van der Waals surface area contributed by atoms with Crippen molar-refractivity contribution in [3.8, 4) is 0 Å². The Kier molecular flexibility index (Phi) is 5.16. The third-order valence-electron chi connectivity index (χ3n) is 5.22. The van der Waals surface area contributed by atoms with E-state index in [9.17, 15) is 18.8 Å². The molecule has 1 saturated heterocycles. The Hall–Kier alpha value is -2.24. The number of carbonyl (C=O) groups excluding carboxylic acids is 3. The molecule has 134 valence electrons. The van der Waals surface area contributed by atoms with Gasteiger partial charge in [-0.25, -0.2) is 4.39 Å². The molecule has 1 heterocycles. The summed E-state index contributed by atoms with van der Waals surface area (Å²) in [6.45, 7) is 2.30. The Bertz CT molecular complexity index is 667. The third-order valence-corrected chi connectivity index (χ3v) is 5.22. The number of nitrogens with zero attached hydrogens (tertiary/aromatic N) is 2.